The lowest BCUT2D eigenvalue weighted by Gasteiger charge is -2.17. The maximum atomic E-state index is 9.83. The molecule has 3 nitrogen and oxygen atoms in total. The molecule has 0 bridgehead atoms. The molecule has 1 rings (SSSR count). The van der Waals surface area contributed by atoms with Gasteiger partial charge in [-0.05, 0) is 30.9 Å². The van der Waals surface area contributed by atoms with Gasteiger partial charge in [0.1, 0.15) is 18.5 Å². The Morgan fingerprint density at radius 3 is 2.95 bits per heavy atom. The first-order valence-electron chi connectivity index (χ1n) is 6.49. The Morgan fingerprint density at radius 2 is 2.26 bits per heavy atom. The molecule has 108 valence electrons. The van der Waals surface area contributed by atoms with Crippen LogP contribution < -0.4 is 10.1 Å². The predicted molar refractivity (Wildman–Crippen MR) is 83.4 cm³/mol. The quantitative estimate of drug-likeness (QED) is 0.736. The fraction of sp³-hybridized carbons (Fsp3) is 0.571. The summed E-state index contributed by atoms with van der Waals surface area (Å²) in [5.74, 6) is 2.85. The summed E-state index contributed by atoms with van der Waals surface area (Å²) in [7, 11) is 0. The van der Waals surface area contributed by atoms with Crippen molar-refractivity contribution < 1.29 is 9.84 Å². The van der Waals surface area contributed by atoms with Gasteiger partial charge in [-0.15, -0.1) is 0 Å². The van der Waals surface area contributed by atoms with Crippen molar-refractivity contribution in [3.63, 3.8) is 0 Å². The molecular weight excluding hydrogens is 282 g/mol. The normalized spacial score (nSPS) is 14.1. The van der Waals surface area contributed by atoms with Crippen LogP contribution in [0.15, 0.2) is 24.3 Å². The fourth-order valence-corrected chi connectivity index (χ4v) is 2.39. The van der Waals surface area contributed by atoms with Crippen LogP contribution in [0.3, 0.4) is 0 Å². The van der Waals surface area contributed by atoms with Crippen molar-refractivity contribution in [2.24, 2.45) is 0 Å². The summed E-state index contributed by atoms with van der Waals surface area (Å²) in [6.07, 6.45) is -0.520. The van der Waals surface area contributed by atoms with Crippen molar-refractivity contribution in [1.29, 1.82) is 0 Å². The van der Waals surface area contributed by atoms with Gasteiger partial charge in [0.15, 0.2) is 0 Å². The molecule has 0 radical (unpaired) electrons. The lowest BCUT2D eigenvalue weighted by molar-refractivity contribution is 0.105. The highest BCUT2D eigenvalue weighted by Crippen LogP contribution is 2.17. The van der Waals surface area contributed by atoms with E-state index in [0.717, 1.165) is 11.5 Å². The monoisotopic (exact) mass is 303 g/mol. The largest absolute Gasteiger partial charge is 0.491 e. The van der Waals surface area contributed by atoms with Crippen molar-refractivity contribution in [1.82, 2.24) is 5.32 Å². The van der Waals surface area contributed by atoms with Crippen LogP contribution in [0.2, 0.25) is 5.02 Å². The zero-order valence-electron chi connectivity index (χ0n) is 11.4. The molecule has 0 aliphatic carbocycles. The smallest absolute Gasteiger partial charge is 0.120 e. The second-order valence-corrected chi connectivity index (χ2v) is 6.15. The number of rotatable bonds is 9. The molecule has 0 heterocycles. The van der Waals surface area contributed by atoms with E-state index in [-0.39, 0.29) is 6.61 Å². The number of aliphatic hydroxyl groups excluding tert-OH is 1. The molecule has 2 unspecified atom stereocenters. The van der Waals surface area contributed by atoms with Crippen LogP contribution in [0, 0.1) is 0 Å². The average molecular weight is 304 g/mol. The number of aliphatic hydroxyl groups is 1. The number of ether oxygens (including phenoxy) is 1. The van der Waals surface area contributed by atoms with E-state index in [1.54, 1.807) is 12.1 Å². The third-order valence-corrected chi connectivity index (χ3v) is 3.89. The van der Waals surface area contributed by atoms with Gasteiger partial charge in [0.25, 0.3) is 0 Å². The molecule has 0 fully saturated rings. The minimum absolute atomic E-state index is 0.265. The first kappa shape index (κ1) is 16.6. The van der Waals surface area contributed by atoms with Gasteiger partial charge in [-0.2, -0.15) is 11.8 Å². The van der Waals surface area contributed by atoms with Gasteiger partial charge in [0.2, 0.25) is 0 Å². The topological polar surface area (TPSA) is 41.5 Å². The molecule has 0 saturated heterocycles. The summed E-state index contributed by atoms with van der Waals surface area (Å²) in [6.45, 7) is 5.06. The van der Waals surface area contributed by atoms with Crippen molar-refractivity contribution >= 4 is 23.4 Å². The zero-order valence-corrected chi connectivity index (χ0v) is 13.0. The van der Waals surface area contributed by atoms with E-state index in [1.165, 1.54) is 0 Å². The van der Waals surface area contributed by atoms with Gasteiger partial charge in [0.05, 0.1) is 0 Å². The Hall–Kier alpha value is -0.420. The molecule has 5 heteroatoms. The maximum Gasteiger partial charge on any atom is 0.120 e. The molecule has 1 aromatic rings. The second-order valence-electron chi connectivity index (χ2n) is 4.39. The third-order valence-electron chi connectivity index (χ3n) is 2.51. The van der Waals surface area contributed by atoms with Crippen LogP contribution in [-0.4, -0.2) is 41.9 Å². The predicted octanol–water partition coefficient (Wildman–Crippen LogP) is 2.81. The van der Waals surface area contributed by atoms with E-state index < -0.39 is 6.10 Å². The van der Waals surface area contributed by atoms with Gasteiger partial charge in [-0.3, -0.25) is 0 Å². The first-order valence-corrected chi connectivity index (χ1v) is 8.02. The highest BCUT2D eigenvalue weighted by Gasteiger charge is 2.08. The lowest BCUT2D eigenvalue weighted by Crippen LogP contribution is -2.37. The van der Waals surface area contributed by atoms with Crippen molar-refractivity contribution in [3.05, 3.63) is 29.3 Å². The molecule has 2 atom stereocenters. The van der Waals surface area contributed by atoms with Crippen molar-refractivity contribution in [2.45, 2.75) is 26.0 Å². The van der Waals surface area contributed by atoms with Crippen LogP contribution in [0.5, 0.6) is 5.75 Å². The maximum absolute atomic E-state index is 9.83. The summed E-state index contributed by atoms with van der Waals surface area (Å²) in [6, 6.07) is 7.58. The molecule has 0 saturated carbocycles. The number of halogens is 1. The van der Waals surface area contributed by atoms with E-state index in [9.17, 15) is 5.11 Å². The van der Waals surface area contributed by atoms with E-state index in [0.29, 0.717) is 23.4 Å². The molecular formula is C14H22ClNO2S. The molecule has 0 amide bonds. The first-order chi connectivity index (χ1) is 9.11. The van der Waals surface area contributed by atoms with Gasteiger partial charge < -0.3 is 15.2 Å². The fourth-order valence-electron chi connectivity index (χ4n) is 1.50. The van der Waals surface area contributed by atoms with E-state index in [2.05, 4.69) is 19.2 Å². The standard InChI is InChI=1S/C14H22ClNO2S/c1-3-19-10-11(2)16-8-13(17)9-18-14-6-4-5-12(15)7-14/h4-7,11,13,16-17H,3,8-10H2,1-2H3. The Balaban J connectivity index is 2.19. The number of thioether (sulfide) groups is 1. The van der Waals surface area contributed by atoms with E-state index in [1.807, 2.05) is 23.9 Å². The minimum atomic E-state index is -0.520. The van der Waals surface area contributed by atoms with Crippen LogP contribution in [0.1, 0.15) is 13.8 Å². The Bertz CT molecular complexity index is 365. The van der Waals surface area contributed by atoms with Crippen LogP contribution in [-0.2, 0) is 0 Å². The average Bonchev–Trinajstić information content (AvgIpc) is 2.40. The van der Waals surface area contributed by atoms with Gasteiger partial charge >= 0.3 is 0 Å². The minimum Gasteiger partial charge on any atom is -0.491 e. The van der Waals surface area contributed by atoms with Gasteiger partial charge in [-0.25, -0.2) is 0 Å². The van der Waals surface area contributed by atoms with Crippen molar-refractivity contribution in [3.8, 4) is 5.75 Å². The van der Waals surface area contributed by atoms with Crippen LogP contribution in [0.25, 0.3) is 0 Å². The van der Waals surface area contributed by atoms with Crippen LogP contribution >= 0.6 is 23.4 Å². The highest BCUT2D eigenvalue weighted by atomic mass is 35.5. The second kappa shape index (κ2) is 9.48. The van der Waals surface area contributed by atoms with Crippen molar-refractivity contribution in [2.75, 3.05) is 24.7 Å². The molecule has 2 N–H and O–H groups in total. The number of hydrogen-bond donors (Lipinski definition) is 2. The van der Waals surface area contributed by atoms with Crippen LogP contribution in [0.4, 0.5) is 0 Å². The molecule has 0 spiro atoms. The third kappa shape index (κ3) is 7.67. The Kier molecular flexibility index (Phi) is 8.30. The Morgan fingerprint density at radius 1 is 1.47 bits per heavy atom. The highest BCUT2D eigenvalue weighted by molar-refractivity contribution is 7.99. The Labute approximate surface area is 124 Å². The summed E-state index contributed by atoms with van der Waals surface area (Å²) in [4.78, 5) is 0. The molecule has 0 aliphatic heterocycles. The summed E-state index contributed by atoms with van der Waals surface area (Å²) in [5.41, 5.74) is 0. The van der Waals surface area contributed by atoms with E-state index in [4.69, 9.17) is 16.3 Å². The molecule has 19 heavy (non-hydrogen) atoms. The summed E-state index contributed by atoms with van der Waals surface area (Å²) < 4.78 is 5.48. The SMILES string of the molecule is CCSCC(C)NCC(O)COc1cccc(Cl)c1. The van der Waals surface area contributed by atoms with Gasteiger partial charge in [-0.1, -0.05) is 24.6 Å². The lowest BCUT2D eigenvalue weighted by atomic mass is 10.3. The number of hydrogen-bond acceptors (Lipinski definition) is 4. The zero-order chi connectivity index (χ0) is 14.1. The van der Waals surface area contributed by atoms with Gasteiger partial charge in [0, 0.05) is 23.4 Å². The van der Waals surface area contributed by atoms with E-state index >= 15 is 0 Å². The number of nitrogens with one attached hydrogen (secondary N) is 1. The molecule has 0 aliphatic rings. The summed E-state index contributed by atoms with van der Waals surface area (Å²) in [5, 5.41) is 13.7. The summed E-state index contributed by atoms with van der Waals surface area (Å²) >= 11 is 7.74. The number of benzene rings is 1. The molecule has 1 aromatic carbocycles. The molecule has 0 aromatic heterocycles.